The number of carbonyl (C=O) groups is 2. The minimum atomic E-state index is -5.09. The molecule has 3 N–H and O–H groups in total. The number of aromatic nitrogens is 2. The van der Waals surface area contributed by atoms with E-state index in [-0.39, 0.29) is 24.2 Å². The van der Waals surface area contributed by atoms with E-state index in [1.807, 2.05) is 0 Å². The van der Waals surface area contributed by atoms with Crippen LogP contribution in [0.1, 0.15) is 11.1 Å². The van der Waals surface area contributed by atoms with Crippen LogP contribution in [0.15, 0.2) is 24.4 Å². The summed E-state index contributed by atoms with van der Waals surface area (Å²) in [5, 5.41) is 6.38. The normalized spacial score (nSPS) is 22.1. The molecule has 1 aromatic carbocycles. The van der Waals surface area contributed by atoms with Crippen molar-refractivity contribution in [1.82, 2.24) is 9.97 Å². The first-order valence-corrected chi connectivity index (χ1v) is 7.95. The van der Waals surface area contributed by atoms with Gasteiger partial charge in [0, 0.05) is 17.6 Å². The van der Waals surface area contributed by atoms with Gasteiger partial charge in [0.15, 0.2) is 0 Å². The van der Waals surface area contributed by atoms with Gasteiger partial charge in [-0.1, -0.05) is 0 Å². The fraction of sp³-hybridized carbons (Fsp3) is 0.250. The Morgan fingerprint density at radius 1 is 1.14 bits per heavy atom. The summed E-state index contributed by atoms with van der Waals surface area (Å²) in [6.45, 7) is 0. The Hall–Kier alpha value is -3.38. The average molecular weight is 417 g/mol. The number of rotatable bonds is 4. The number of fused-ring (bicyclic) bond motifs is 1. The lowest BCUT2D eigenvalue weighted by Gasteiger charge is -2.16. The summed E-state index contributed by atoms with van der Waals surface area (Å²) in [5.74, 6) is -12.7. The van der Waals surface area contributed by atoms with Crippen LogP contribution in [0, 0.1) is 0 Å². The largest absolute Gasteiger partial charge is 0.421 e. The Labute approximate surface area is 157 Å². The molecular weight excluding hydrogens is 408 g/mol. The smallest absolute Gasteiger partial charge is 0.326 e. The number of benzene rings is 1. The first-order chi connectivity index (χ1) is 13.4. The van der Waals surface area contributed by atoms with Gasteiger partial charge in [0.1, 0.15) is 11.4 Å². The third-order valence-corrected chi connectivity index (χ3v) is 4.34. The van der Waals surface area contributed by atoms with Crippen molar-refractivity contribution in [3.05, 3.63) is 35.5 Å². The molecule has 1 fully saturated rings. The van der Waals surface area contributed by atoms with E-state index in [0.29, 0.717) is 11.3 Å². The van der Waals surface area contributed by atoms with Crippen molar-refractivity contribution in [3.63, 3.8) is 0 Å². The quantitative estimate of drug-likeness (QED) is 0.523. The number of hydrogen-bond donors (Lipinski definition) is 3. The van der Waals surface area contributed by atoms with Gasteiger partial charge in [-0.25, -0.2) is 9.37 Å². The second-order valence-corrected chi connectivity index (χ2v) is 6.36. The molecule has 1 atom stereocenters. The van der Waals surface area contributed by atoms with Gasteiger partial charge in [0.05, 0.1) is 6.42 Å². The van der Waals surface area contributed by atoms with Crippen molar-refractivity contribution >= 4 is 34.8 Å². The zero-order valence-electron chi connectivity index (χ0n) is 14.0. The molecule has 4 rings (SSSR count). The van der Waals surface area contributed by atoms with E-state index in [9.17, 15) is 35.9 Å². The molecule has 0 saturated heterocycles. The van der Waals surface area contributed by atoms with Crippen molar-refractivity contribution in [2.75, 3.05) is 16.0 Å². The molecule has 1 aliphatic heterocycles. The summed E-state index contributed by atoms with van der Waals surface area (Å²) in [6.07, 6.45) is -4.73. The number of Topliss-reactive ketones (excluding diaryl/α,β-unsaturated/α-hetero) is 1. The second kappa shape index (κ2) is 5.81. The van der Waals surface area contributed by atoms with E-state index in [4.69, 9.17) is 0 Å². The molecular formula is C16H9F6N5O2. The fourth-order valence-corrected chi connectivity index (χ4v) is 2.77. The van der Waals surface area contributed by atoms with Crippen LogP contribution in [0.25, 0.3) is 0 Å². The van der Waals surface area contributed by atoms with E-state index in [1.54, 1.807) is 0 Å². The van der Waals surface area contributed by atoms with Crippen molar-refractivity contribution in [1.29, 1.82) is 0 Å². The molecule has 7 nitrogen and oxygen atoms in total. The van der Waals surface area contributed by atoms with Gasteiger partial charge in [0.25, 0.3) is 5.78 Å². The Bertz CT molecular complexity index is 1060. The van der Waals surface area contributed by atoms with E-state index in [2.05, 4.69) is 20.6 Å². The summed E-state index contributed by atoms with van der Waals surface area (Å²) in [6, 6.07) is 4.51. The summed E-state index contributed by atoms with van der Waals surface area (Å²) in [5.41, 5.74) is -0.172. The number of alkyl halides is 6. The van der Waals surface area contributed by atoms with Crippen LogP contribution < -0.4 is 16.0 Å². The van der Waals surface area contributed by atoms with Gasteiger partial charge in [0.2, 0.25) is 11.9 Å². The highest BCUT2D eigenvalue weighted by atomic mass is 19.4. The first-order valence-electron chi connectivity index (χ1n) is 7.95. The van der Waals surface area contributed by atoms with Crippen LogP contribution in [-0.4, -0.2) is 33.4 Å². The molecule has 2 aromatic rings. The third kappa shape index (κ3) is 3.02. The van der Waals surface area contributed by atoms with E-state index in [1.165, 1.54) is 23.5 Å². The zero-order valence-corrected chi connectivity index (χ0v) is 14.0. The minimum Gasteiger partial charge on any atom is -0.326 e. The molecule has 1 saturated carbocycles. The summed E-state index contributed by atoms with van der Waals surface area (Å²) in [4.78, 5) is 29.2. The standard InChI is InChI=1S/C16H9F6N5O2/c17-14(18)12(29)15(14,19)27-11-8(16(20,21)22)5-23-13(26-11)24-7-1-2-9-6(3-7)4-10(28)25-9/h1-3,5H,4H2,(H,25,28)(H2,23,24,26,27). The number of amides is 1. The molecule has 0 spiro atoms. The lowest BCUT2D eigenvalue weighted by molar-refractivity contribution is -0.137. The monoisotopic (exact) mass is 417 g/mol. The van der Waals surface area contributed by atoms with Crippen LogP contribution in [-0.2, 0) is 22.2 Å². The number of nitrogens with one attached hydrogen (secondary N) is 3. The Kier molecular flexibility index (Phi) is 3.80. The van der Waals surface area contributed by atoms with E-state index in [0.717, 1.165) is 0 Å². The third-order valence-electron chi connectivity index (χ3n) is 4.34. The topological polar surface area (TPSA) is 96.0 Å². The van der Waals surface area contributed by atoms with Crippen molar-refractivity contribution in [2.45, 2.75) is 24.3 Å². The van der Waals surface area contributed by atoms with Crippen molar-refractivity contribution in [3.8, 4) is 0 Å². The maximum atomic E-state index is 14.0. The fourth-order valence-electron chi connectivity index (χ4n) is 2.77. The average Bonchev–Trinajstić information content (AvgIpc) is 2.90. The molecule has 2 aliphatic rings. The molecule has 1 aliphatic carbocycles. The van der Waals surface area contributed by atoms with Gasteiger partial charge >= 0.3 is 17.9 Å². The number of anilines is 4. The number of halogens is 6. The van der Waals surface area contributed by atoms with Crippen molar-refractivity contribution in [2.24, 2.45) is 0 Å². The number of hydrogen-bond acceptors (Lipinski definition) is 6. The van der Waals surface area contributed by atoms with Gasteiger partial charge in [-0.2, -0.15) is 26.9 Å². The molecule has 0 radical (unpaired) electrons. The van der Waals surface area contributed by atoms with Gasteiger partial charge < -0.3 is 16.0 Å². The molecule has 1 aromatic heterocycles. The Morgan fingerprint density at radius 3 is 2.45 bits per heavy atom. The van der Waals surface area contributed by atoms with E-state index >= 15 is 0 Å². The SMILES string of the molecule is O=C1Cc2cc(Nc3ncc(C(F)(F)F)c(NC4(F)C(=O)C4(F)F)n3)ccc2N1. The van der Waals surface area contributed by atoms with E-state index < -0.39 is 41.0 Å². The Balaban J connectivity index is 1.65. The lowest BCUT2D eigenvalue weighted by atomic mass is 10.1. The van der Waals surface area contributed by atoms with Gasteiger partial charge in [-0.05, 0) is 23.8 Å². The number of nitrogens with zero attached hydrogens (tertiary/aromatic N) is 2. The highest BCUT2D eigenvalue weighted by molar-refractivity contribution is 6.14. The van der Waals surface area contributed by atoms with Gasteiger partial charge in [-0.3, -0.25) is 9.59 Å². The molecule has 29 heavy (non-hydrogen) atoms. The summed E-state index contributed by atoms with van der Waals surface area (Å²) < 4.78 is 79.6. The van der Waals surface area contributed by atoms with Crippen LogP contribution in [0.5, 0.6) is 0 Å². The highest BCUT2D eigenvalue weighted by Crippen LogP contribution is 2.52. The molecule has 152 valence electrons. The summed E-state index contributed by atoms with van der Waals surface area (Å²) in [7, 11) is 0. The first kappa shape index (κ1) is 19.0. The number of carbonyl (C=O) groups excluding carboxylic acids is 2. The summed E-state index contributed by atoms with van der Waals surface area (Å²) >= 11 is 0. The van der Waals surface area contributed by atoms with Crippen molar-refractivity contribution < 1.29 is 35.9 Å². The van der Waals surface area contributed by atoms with Crippen LogP contribution in [0.4, 0.5) is 49.5 Å². The van der Waals surface area contributed by atoms with Crippen LogP contribution in [0.3, 0.4) is 0 Å². The molecule has 1 unspecified atom stereocenters. The minimum absolute atomic E-state index is 0.0904. The second-order valence-electron chi connectivity index (χ2n) is 6.36. The maximum absolute atomic E-state index is 14.0. The Morgan fingerprint density at radius 2 is 1.83 bits per heavy atom. The predicted octanol–water partition coefficient (Wildman–Crippen LogP) is 3.03. The number of ketones is 1. The predicted molar refractivity (Wildman–Crippen MR) is 86.5 cm³/mol. The molecule has 2 heterocycles. The van der Waals surface area contributed by atoms with Crippen LogP contribution in [0.2, 0.25) is 0 Å². The van der Waals surface area contributed by atoms with Gasteiger partial charge in [-0.15, -0.1) is 0 Å². The molecule has 1 amide bonds. The lowest BCUT2D eigenvalue weighted by Crippen LogP contribution is -2.27. The highest BCUT2D eigenvalue weighted by Gasteiger charge is 2.85. The zero-order chi connectivity index (χ0) is 21.2. The molecule has 0 bridgehead atoms. The van der Waals surface area contributed by atoms with Crippen LogP contribution >= 0.6 is 0 Å². The molecule has 13 heteroatoms. The maximum Gasteiger partial charge on any atom is 0.421 e.